The normalized spacial score (nSPS) is 18.6. The van der Waals surface area contributed by atoms with Crippen molar-refractivity contribution >= 4 is 23.4 Å². The number of nitrogens with one attached hydrogen (secondary N) is 2. The number of fused-ring (bicyclic) bond motifs is 1. The summed E-state index contributed by atoms with van der Waals surface area (Å²) >= 11 is 0. The Morgan fingerprint density at radius 2 is 1.92 bits per heavy atom. The Labute approximate surface area is 227 Å². The van der Waals surface area contributed by atoms with Gasteiger partial charge in [0.2, 0.25) is 5.91 Å². The van der Waals surface area contributed by atoms with Gasteiger partial charge in [-0.3, -0.25) is 9.59 Å². The van der Waals surface area contributed by atoms with E-state index in [1.54, 1.807) is 60.8 Å². The van der Waals surface area contributed by atoms with Crippen LogP contribution in [-0.4, -0.2) is 63.0 Å². The van der Waals surface area contributed by atoms with Gasteiger partial charge in [0.05, 0.1) is 29.6 Å². The molecule has 3 aromatic rings. The van der Waals surface area contributed by atoms with Crippen molar-refractivity contribution in [2.75, 3.05) is 13.1 Å². The van der Waals surface area contributed by atoms with Crippen LogP contribution in [0.25, 0.3) is 5.52 Å². The number of hydrogen-bond acceptors (Lipinski definition) is 5. The van der Waals surface area contributed by atoms with Gasteiger partial charge in [0.15, 0.2) is 0 Å². The first-order valence-corrected chi connectivity index (χ1v) is 13.2. The number of carbonyl (C=O) groups is 3. The lowest BCUT2D eigenvalue weighted by Gasteiger charge is -2.40. The van der Waals surface area contributed by atoms with E-state index < -0.39 is 29.7 Å². The molecule has 9 nitrogen and oxygen atoms in total. The van der Waals surface area contributed by atoms with Crippen molar-refractivity contribution in [3.05, 3.63) is 72.1 Å². The van der Waals surface area contributed by atoms with Crippen molar-refractivity contribution in [1.82, 2.24) is 24.9 Å². The van der Waals surface area contributed by atoms with Crippen LogP contribution >= 0.6 is 0 Å². The number of carbonyl (C=O) groups excluding carboxylic acids is 3. The standard InChI is InChI=1S/C29H36FN5O4/c1-18(2)25(33-28(38)39-29(3,4)5)26(36)32-23-16-34(13-11-21(23)19-8-6-9-20(30)14-19)27(37)22-10-7-12-35-17-31-15-24(22)35/h6-10,12,14-15,17-18,21,23,25H,11,13,16H2,1-5H3,(H,32,36)(H,33,38)/t21-,23+,25-/m0/s1. The topological polar surface area (TPSA) is 105 Å². The molecule has 2 aromatic heterocycles. The lowest BCUT2D eigenvalue weighted by Crippen LogP contribution is -2.58. The summed E-state index contributed by atoms with van der Waals surface area (Å²) in [6, 6.07) is 8.48. The number of imidazole rings is 1. The number of benzene rings is 1. The second-order valence-electron chi connectivity index (χ2n) is 11.3. The molecule has 4 rings (SSSR count). The first-order valence-electron chi connectivity index (χ1n) is 13.2. The van der Waals surface area contributed by atoms with Gasteiger partial charge in [-0.2, -0.15) is 0 Å². The third kappa shape index (κ3) is 6.74. The molecule has 3 amide bonds. The van der Waals surface area contributed by atoms with Crippen molar-refractivity contribution in [3.63, 3.8) is 0 Å². The van der Waals surface area contributed by atoms with Crippen LogP contribution in [0.1, 0.15) is 62.9 Å². The Kier molecular flexibility index (Phi) is 8.22. The molecule has 1 aliphatic rings. The summed E-state index contributed by atoms with van der Waals surface area (Å²) in [6.07, 6.45) is 4.93. The van der Waals surface area contributed by atoms with E-state index in [2.05, 4.69) is 15.6 Å². The monoisotopic (exact) mass is 537 g/mol. The van der Waals surface area contributed by atoms with Gasteiger partial charge in [0.1, 0.15) is 17.5 Å². The maximum atomic E-state index is 14.1. The molecule has 3 atom stereocenters. The number of nitrogens with zero attached hydrogens (tertiary/aromatic N) is 3. The Bertz CT molecular complexity index is 1350. The van der Waals surface area contributed by atoms with Crippen LogP contribution in [0.15, 0.2) is 55.1 Å². The number of likely N-dealkylation sites (tertiary alicyclic amines) is 1. The molecule has 0 bridgehead atoms. The van der Waals surface area contributed by atoms with Gasteiger partial charge in [0.25, 0.3) is 5.91 Å². The molecule has 0 radical (unpaired) electrons. The lowest BCUT2D eigenvalue weighted by molar-refractivity contribution is -0.125. The van der Waals surface area contributed by atoms with Gasteiger partial charge in [-0.25, -0.2) is 14.2 Å². The van der Waals surface area contributed by atoms with Crippen LogP contribution in [0.2, 0.25) is 0 Å². The molecule has 1 fully saturated rings. The molecule has 208 valence electrons. The van der Waals surface area contributed by atoms with Gasteiger partial charge in [-0.05, 0) is 62.9 Å². The van der Waals surface area contributed by atoms with Gasteiger partial charge >= 0.3 is 6.09 Å². The summed E-state index contributed by atoms with van der Waals surface area (Å²) in [6.45, 7) is 9.56. The van der Waals surface area contributed by atoms with Crippen molar-refractivity contribution < 1.29 is 23.5 Å². The number of rotatable bonds is 6. The van der Waals surface area contributed by atoms with Crippen molar-refractivity contribution in [3.8, 4) is 0 Å². The molecule has 0 unspecified atom stereocenters. The molecule has 3 heterocycles. The highest BCUT2D eigenvalue weighted by atomic mass is 19.1. The lowest BCUT2D eigenvalue weighted by atomic mass is 9.84. The van der Waals surface area contributed by atoms with E-state index in [1.807, 2.05) is 26.1 Å². The molecular formula is C29H36FN5O4. The minimum Gasteiger partial charge on any atom is -0.444 e. The maximum Gasteiger partial charge on any atom is 0.408 e. The van der Waals surface area contributed by atoms with Crippen LogP contribution < -0.4 is 10.6 Å². The first-order chi connectivity index (χ1) is 18.4. The van der Waals surface area contributed by atoms with Crippen molar-refractivity contribution in [1.29, 1.82) is 0 Å². The molecule has 39 heavy (non-hydrogen) atoms. The van der Waals surface area contributed by atoms with E-state index in [9.17, 15) is 18.8 Å². The zero-order valence-electron chi connectivity index (χ0n) is 23.0. The van der Waals surface area contributed by atoms with Crippen LogP contribution in [0, 0.1) is 11.7 Å². The summed E-state index contributed by atoms with van der Waals surface area (Å²) in [7, 11) is 0. The van der Waals surface area contributed by atoms with Crippen LogP contribution in [0.5, 0.6) is 0 Å². The second-order valence-corrected chi connectivity index (χ2v) is 11.3. The Balaban J connectivity index is 1.58. The average molecular weight is 538 g/mol. The van der Waals surface area contributed by atoms with Crippen LogP contribution in [0.4, 0.5) is 9.18 Å². The van der Waals surface area contributed by atoms with Crippen molar-refractivity contribution in [2.24, 2.45) is 5.92 Å². The summed E-state index contributed by atoms with van der Waals surface area (Å²) in [5.74, 6) is -1.39. The molecule has 1 saturated heterocycles. The number of piperidine rings is 1. The summed E-state index contributed by atoms with van der Waals surface area (Å²) in [4.78, 5) is 45.4. The number of pyridine rings is 1. The predicted molar refractivity (Wildman–Crippen MR) is 145 cm³/mol. The van der Waals surface area contributed by atoms with Gasteiger partial charge < -0.3 is 24.7 Å². The molecule has 10 heteroatoms. The number of halogens is 1. The average Bonchev–Trinajstić information content (AvgIpc) is 3.35. The Hall–Kier alpha value is -3.95. The molecule has 0 spiro atoms. The molecule has 2 N–H and O–H groups in total. The highest BCUT2D eigenvalue weighted by Gasteiger charge is 2.36. The molecular weight excluding hydrogens is 501 g/mol. The fraction of sp³-hybridized carbons (Fsp3) is 0.448. The third-order valence-corrected chi connectivity index (χ3v) is 6.81. The second kappa shape index (κ2) is 11.4. The molecule has 0 aliphatic carbocycles. The van der Waals surface area contributed by atoms with E-state index in [1.165, 1.54) is 12.1 Å². The van der Waals surface area contributed by atoms with E-state index >= 15 is 0 Å². The Morgan fingerprint density at radius 3 is 2.62 bits per heavy atom. The van der Waals surface area contributed by atoms with Crippen molar-refractivity contribution in [2.45, 2.75) is 64.6 Å². The molecule has 0 saturated carbocycles. The SMILES string of the molecule is CC(C)[C@H](NC(=O)OC(C)(C)C)C(=O)N[C@@H]1CN(C(=O)c2cccn3cncc23)CC[C@H]1c1cccc(F)c1. The van der Waals surface area contributed by atoms with Gasteiger partial charge in [-0.1, -0.05) is 26.0 Å². The molecule has 1 aromatic carbocycles. The number of ether oxygens (including phenoxy) is 1. The summed E-state index contributed by atoms with van der Waals surface area (Å²) < 4.78 is 21.3. The summed E-state index contributed by atoms with van der Waals surface area (Å²) in [5, 5.41) is 5.74. The Morgan fingerprint density at radius 1 is 1.15 bits per heavy atom. The van der Waals surface area contributed by atoms with E-state index in [-0.39, 0.29) is 30.1 Å². The van der Waals surface area contributed by atoms with E-state index in [0.717, 1.165) is 5.56 Å². The zero-order chi connectivity index (χ0) is 28.3. The minimum atomic E-state index is -0.861. The number of alkyl carbamates (subject to hydrolysis) is 1. The third-order valence-electron chi connectivity index (χ3n) is 6.81. The number of aromatic nitrogens is 2. The molecule has 1 aliphatic heterocycles. The highest BCUT2D eigenvalue weighted by molar-refractivity contribution is 6.00. The quantitative estimate of drug-likeness (QED) is 0.492. The van der Waals surface area contributed by atoms with E-state index in [0.29, 0.717) is 24.0 Å². The predicted octanol–water partition coefficient (Wildman–Crippen LogP) is 4.14. The van der Waals surface area contributed by atoms with Crippen LogP contribution in [0.3, 0.4) is 0 Å². The van der Waals surface area contributed by atoms with Gasteiger partial charge in [0, 0.05) is 25.2 Å². The largest absolute Gasteiger partial charge is 0.444 e. The number of hydrogen-bond donors (Lipinski definition) is 2. The van der Waals surface area contributed by atoms with Crippen LogP contribution in [-0.2, 0) is 9.53 Å². The fourth-order valence-electron chi connectivity index (χ4n) is 4.96. The zero-order valence-corrected chi connectivity index (χ0v) is 23.0. The van der Waals surface area contributed by atoms with E-state index in [4.69, 9.17) is 4.74 Å². The first kappa shape index (κ1) is 28.1. The highest BCUT2D eigenvalue weighted by Crippen LogP contribution is 2.30. The summed E-state index contributed by atoms with van der Waals surface area (Å²) in [5.41, 5.74) is 1.23. The van der Waals surface area contributed by atoms with Gasteiger partial charge in [-0.15, -0.1) is 0 Å². The maximum absolute atomic E-state index is 14.1. The smallest absolute Gasteiger partial charge is 0.408 e. The number of amides is 3. The fourth-order valence-corrected chi connectivity index (χ4v) is 4.96. The minimum absolute atomic E-state index is 0.176.